The van der Waals surface area contributed by atoms with Crippen LogP contribution in [0, 0.1) is 10.1 Å². The van der Waals surface area contributed by atoms with Gasteiger partial charge in [0.2, 0.25) is 5.52 Å². The molecule has 0 atom stereocenters. The molecule has 3 aromatic rings. The van der Waals surface area contributed by atoms with Crippen LogP contribution in [-0.2, 0) is 7.05 Å². The van der Waals surface area contributed by atoms with Crippen molar-refractivity contribution in [3.8, 4) is 0 Å². The number of aryl methyl sites for hydroxylation is 1. The van der Waals surface area contributed by atoms with Gasteiger partial charge in [-0.05, 0) is 17.7 Å². The molecular formula is C16H13N2O2S+. The minimum atomic E-state index is -0.378. The summed E-state index contributed by atoms with van der Waals surface area (Å²) in [6.07, 6.45) is 3.89. The number of nitro groups is 1. The quantitative estimate of drug-likeness (QED) is 0.419. The Kier molecular flexibility index (Phi) is 3.50. The number of rotatable bonds is 3. The summed E-state index contributed by atoms with van der Waals surface area (Å²) in [5.41, 5.74) is 2.11. The summed E-state index contributed by atoms with van der Waals surface area (Å²) in [5.74, 6) is 0. The number of fused-ring (bicyclic) bond motifs is 1. The van der Waals surface area contributed by atoms with Gasteiger partial charge in [-0.15, -0.1) is 0 Å². The lowest BCUT2D eigenvalue weighted by Gasteiger charge is -1.93. The zero-order valence-corrected chi connectivity index (χ0v) is 12.2. The summed E-state index contributed by atoms with van der Waals surface area (Å²) in [6, 6.07) is 14.8. The van der Waals surface area contributed by atoms with Crippen molar-refractivity contribution in [1.29, 1.82) is 0 Å². The van der Waals surface area contributed by atoms with Crippen LogP contribution in [-0.4, -0.2) is 4.92 Å². The Bertz CT molecular complexity index is 852. The molecule has 5 heteroatoms. The maximum absolute atomic E-state index is 10.8. The van der Waals surface area contributed by atoms with Crippen molar-refractivity contribution in [2.75, 3.05) is 0 Å². The lowest BCUT2D eigenvalue weighted by Crippen LogP contribution is -2.28. The maximum Gasteiger partial charge on any atom is 0.270 e. The molecule has 0 aliphatic rings. The molecular weight excluding hydrogens is 284 g/mol. The summed E-state index contributed by atoms with van der Waals surface area (Å²) in [6.45, 7) is 0. The fourth-order valence-electron chi connectivity index (χ4n) is 2.18. The van der Waals surface area contributed by atoms with E-state index in [0.717, 1.165) is 10.6 Å². The first-order chi connectivity index (χ1) is 10.1. The second kappa shape index (κ2) is 5.46. The van der Waals surface area contributed by atoms with Gasteiger partial charge in [0.25, 0.3) is 10.7 Å². The fourth-order valence-corrected chi connectivity index (χ4v) is 3.23. The second-order valence-corrected chi connectivity index (χ2v) is 5.71. The van der Waals surface area contributed by atoms with E-state index in [1.165, 1.54) is 16.3 Å². The molecule has 21 heavy (non-hydrogen) atoms. The van der Waals surface area contributed by atoms with E-state index >= 15 is 0 Å². The van der Waals surface area contributed by atoms with E-state index in [1.54, 1.807) is 23.5 Å². The predicted molar refractivity (Wildman–Crippen MR) is 85.0 cm³/mol. The third-order valence-corrected chi connectivity index (χ3v) is 4.46. The van der Waals surface area contributed by atoms with Crippen LogP contribution in [0.4, 0.5) is 5.69 Å². The molecule has 104 valence electrons. The first kappa shape index (κ1) is 13.5. The van der Waals surface area contributed by atoms with E-state index in [2.05, 4.69) is 16.7 Å². The Balaban J connectivity index is 1.96. The average molecular weight is 297 g/mol. The number of non-ortho nitro benzene ring substituents is 1. The average Bonchev–Trinajstić information content (AvgIpc) is 2.82. The van der Waals surface area contributed by atoms with E-state index < -0.39 is 0 Å². The minimum absolute atomic E-state index is 0.109. The Morgan fingerprint density at radius 3 is 2.71 bits per heavy atom. The molecule has 0 saturated heterocycles. The van der Waals surface area contributed by atoms with Gasteiger partial charge in [0.05, 0.1) is 4.92 Å². The van der Waals surface area contributed by atoms with Gasteiger partial charge in [-0.2, -0.15) is 4.57 Å². The molecule has 1 heterocycles. The van der Waals surface area contributed by atoms with Crippen molar-refractivity contribution in [2.24, 2.45) is 7.05 Å². The van der Waals surface area contributed by atoms with Crippen LogP contribution in [0.1, 0.15) is 10.6 Å². The smallest absolute Gasteiger partial charge is 0.258 e. The van der Waals surface area contributed by atoms with Gasteiger partial charge in [0, 0.05) is 24.3 Å². The first-order valence-corrected chi connectivity index (χ1v) is 7.27. The highest BCUT2D eigenvalue weighted by Crippen LogP contribution is 2.22. The highest BCUT2D eigenvalue weighted by molar-refractivity contribution is 7.18. The molecule has 2 aromatic carbocycles. The summed E-state index contributed by atoms with van der Waals surface area (Å²) in [7, 11) is 2.02. The zero-order chi connectivity index (χ0) is 14.8. The van der Waals surface area contributed by atoms with Crippen molar-refractivity contribution >= 4 is 39.4 Å². The second-order valence-electron chi connectivity index (χ2n) is 4.65. The molecule has 3 rings (SSSR count). The number of nitrogens with zero attached hydrogens (tertiary/aromatic N) is 2. The van der Waals surface area contributed by atoms with E-state index in [1.807, 2.05) is 37.4 Å². The number of hydrogen-bond donors (Lipinski definition) is 0. The molecule has 0 aliphatic heterocycles. The van der Waals surface area contributed by atoms with Crippen molar-refractivity contribution in [3.63, 3.8) is 0 Å². The molecule has 0 N–H and O–H groups in total. The van der Waals surface area contributed by atoms with E-state index in [-0.39, 0.29) is 10.6 Å². The number of para-hydroxylation sites is 1. The van der Waals surface area contributed by atoms with Crippen LogP contribution < -0.4 is 4.57 Å². The summed E-state index contributed by atoms with van der Waals surface area (Å²) < 4.78 is 3.34. The van der Waals surface area contributed by atoms with Crippen LogP contribution in [0.2, 0.25) is 0 Å². The number of thiazole rings is 1. The molecule has 0 unspecified atom stereocenters. The molecule has 0 bridgehead atoms. The molecule has 0 fully saturated rings. The molecule has 0 radical (unpaired) electrons. The van der Waals surface area contributed by atoms with Gasteiger partial charge in [0.1, 0.15) is 11.7 Å². The predicted octanol–water partition coefficient (Wildman–Crippen LogP) is 3.80. The van der Waals surface area contributed by atoms with Crippen LogP contribution >= 0.6 is 11.3 Å². The van der Waals surface area contributed by atoms with Crippen molar-refractivity contribution < 1.29 is 9.49 Å². The lowest BCUT2D eigenvalue weighted by molar-refractivity contribution is -0.642. The number of aromatic nitrogens is 1. The van der Waals surface area contributed by atoms with Crippen molar-refractivity contribution in [1.82, 2.24) is 0 Å². The summed E-state index contributed by atoms with van der Waals surface area (Å²) in [5, 5.41) is 11.9. The molecule has 0 amide bonds. The summed E-state index contributed by atoms with van der Waals surface area (Å²) in [4.78, 5) is 10.4. The number of nitro benzene ring substituents is 1. The molecule has 0 aliphatic carbocycles. The highest BCUT2D eigenvalue weighted by atomic mass is 32.1. The van der Waals surface area contributed by atoms with Crippen LogP contribution in [0.25, 0.3) is 22.4 Å². The third kappa shape index (κ3) is 2.68. The van der Waals surface area contributed by atoms with Gasteiger partial charge < -0.3 is 0 Å². The van der Waals surface area contributed by atoms with Gasteiger partial charge in [-0.1, -0.05) is 35.6 Å². The van der Waals surface area contributed by atoms with Crippen molar-refractivity contribution in [2.45, 2.75) is 0 Å². The Hall–Kier alpha value is -2.53. The normalized spacial score (nSPS) is 11.3. The van der Waals surface area contributed by atoms with Crippen molar-refractivity contribution in [3.05, 3.63) is 69.2 Å². The monoisotopic (exact) mass is 297 g/mol. The first-order valence-electron chi connectivity index (χ1n) is 6.45. The number of benzene rings is 2. The maximum atomic E-state index is 10.8. The molecule has 0 saturated carbocycles. The molecule has 4 nitrogen and oxygen atoms in total. The van der Waals surface area contributed by atoms with Gasteiger partial charge in [-0.25, -0.2) is 0 Å². The SMILES string of the molecule is C[n+]1c(/C=C\c2cccc([N+](=O)[O-])c2)sc2ccccc21. The minimum Gasteiger partial charge on any atom is -0.258 e. The van der Waals surface area contributed by atoms with Crippen LogP contribution in [0.3, 0.4) is 0 Å². The largest absolute Gasteiger partial charge is 0.270 e. The van der Waals surface area contributed by atoms with Gasteiger partial charge in [-0.3, -0.25) is 10.1 Å². The standard InChI is InChI=1S/C16H13N2O2S/c1-17-14-7-2-3-8-15(14)21-16(17)10-9-12-5-4-6-13(11-12)18(19)20/h2-11H,1H3/q+1/b10-9-. The topological polar surface area (TPSA) is 47.0 Å². The molecule has 1 aromatic heterocycles. The van der Waals surface area contributed by atoms with E-state index in [4.69, 9.17) is 0 Å². The van der Waals surface area contributed by atoms with Gasteiger partial charge in [0.15, 0.2) is 0 Å². The Morgan fingerprint density at radius 2 is 1.95 bits per heavy atom. The van der Waals surface area contributed by atoms with E-state index in [9.17, 15) is 10.1 Å². The van der Waals surface area contributed by atoms with Gasteiger partial charge >= 0.3 is 0 Å². The van der Waals surface area contributed by atoms with Crippen LogP contribution in [0.15, 0.2) is 48.5 Å². The van der Waals surface area contributed by atoms with E-state index in [0.29, 0.717) is 0 Å². The number of hydrogen-bond acceptors (Lipinski definition) is 3. The molecule has 0 spiro atoms. The Labute approximate surface area is 125 Å². The highest BCUT2D eigenvalue weighted by Gasteiger charge is 2.13. The fraction of sp³-hybridized carbons (Fsp3) is 0.0625. The summed E-state index contributed by atoms with van der Waals surface area (Å²) >= 11 is 1.70. The third-order valence-electron chi connectivity index (χ3n) is 3.27. The zero-order valence-electron chi connectivity index (χ0n) is 11.4. The van der Waals surface area contributed by atoms with Crippen LogP contribution in [0.5, 0.6) is 0 Å². The Morgan fingerprint density at radius 1 is 1.14 bits per heavy atom. The lowest BCUT2D eigenvalue weighted by atomic mass is 10.2.